The van der Waals surface area contributed by atoms with Gasteiger partial charge < -0.3 is 9.88 Å². The first-order valence-electron chi connectivity index (χ1n) is 9.35. The predicted octanol–water partition coefficient (Wildman–Crippen LogP) is 4.42. The third-order valence-electron chi connectivity index (χ3n) is 4.72. The van der Waals surface area contributed by atoms with Crippen LogP contribution in [-0.4, -0.2) is 24.7 Å². The van der Waals surface area contributed by atoms with Gasteiger partial charge in [-0.25, -0.2) is 4.98 Å². The zero-order valence-electron chi connectivity index (χ0n) is 16.5. The second-order valence-corrected chi connectivity index (χ2v) is 6.98. The molecule has 0 aliphatic heterocycles. The average Bonchev–Trinajstić information content (AvgIpc) is 3.15. The molecular weight excluding hydrogens is 360 g/mol. The molecule has 4 heterocycles. The van der Waals surface area contributed by atoms with E-state index in [9.17, 15) is 0 Å². The number of aryl methyl sites for hydroxylation is 2. The Hall–Kier alpha value is -3.80. The molecule has 0 atom stereocenters. The van der Waals surface area contributed by atoms with Crippen molar-refractivity contribution in [3.05, 3.63) is 90.8 Å². The van der Waals surface area contributed by atoms with E-state index in [1.165, 1.54) is 0 Å². The molecule has 0 unspecified atom stereocenters. The predicted molar refractivity (Wildman–Crippen MR) is 115 cm³/mol. The van der Waals surface area contributed by atoms with Crippen LogP contribution in [0.2, 0.25) is 0 Å². The van der Waals surface area contributed by atoms with E-state index in [1.807, 2.05) is 50.8 Å². The lowest BCUT2D eigenvalue weighted by atomic mass is 10.1. The van der Waals surface area contributed by atoms with Crippen LogP contribution >= 0.6 is 0 Å². The Bertz CT molecular complexity index is 1130. The summed E-state index contributed by atoms with van der Waals surface area (Å²) in [5, 5.41) is 11.0. The molecule has 0 fully saturated rings. The Balaban J connectivity index is 1.42. The molecule has 0 aliphatic carbocycles. The number of rotatable bonds is 6. The fourth-order valence-corrected chi connectivity index (χ4v) is 3.31. The molecular formula is C23H22N6. The van der Waals surface area contributed by atoms with Crippen LogP contribution in [0.5, 0.6) is 0 Å². The van der Waals surface area contributed by atoms with Gasteiger partial charge in [0.05, 0.1) is 18.1 Å². The summed E-state index contributed by atoms with van der Waals surface area (Å²) in [5.74, 6) is 0.775. The second-order valence-electron chi connectivity index (χ2n) is 6.98. The molecule has 6 heteroatoms. The Kier molecular flexibility index (Phi) is 5.16. The van der Waals surface area contributed by atoms with E-state index >= 15 is 0 Å². The monoisotopic (exact) mass is 382 g/mol. The summed E-state index contributed by atoms with van der Waals surface area (Å²) in [7, 11) is 2.02. The molecule has 0 bridgehead atoms. The first kappa shape index (κ1) is 18.6. The summed E-state index contributed by atoms with van der Waals surface area (Å²) < 4.78 is 2.07. The molecule has 0 radical (unpaired) electrons. The second kappa shape index (κ2) is 8.06. The lowest BCUT2D eigenvalue weighted by Gasteiger charge is -2.11. The van der Waals surface area contributed by atoms with Crippen LogP contribution < -0.4 is 5.32 Å². The zero-order chi connectivity index (χ0) is 20.2. The molecule has 0 saturated heterocycles. The lowest BCUT2D eigenvalue weighted by molar-refractivity contribution is 0.936. The number of nitrogens with one attached hydrogen (secondary N) is 1. The number of allylic oxidation sites excluding steroid dienone is 1. The summed E-state index contributed by atoms with van der Waals surface area (Å²) >= 11 is 0. The van der Waals surface area contributed by atoms with Crippen molar-refractivity contribution in [2.24, 2.45) is 7.05 Å². The number of nitrogens with zero attached hydrogens (tertiary/aromatic N) is 5. The molecule has 4 aromatic rings. The van der Waals surface area contributed by atoms with Crippen molar-refractivity contribution in [3.63, 3.8) is 0 Å². The highest BCUT2D eigenvalue weighted by Gasteiger charge is 2.07. The van der Waals surface area contributed by atoms with Crippen molar-refractivity contribution in [1.82, 2.24) is 24.7 Å². The van der Waals surface area contributed by atoms with E-state index in [2.05, 4.69) is 54.8 Å². The van der Waals surface area contributed by atoms with Gasteiger partial charge in [-0.2, -0.15) is 10.2 Å². The Morgan fingerprint density at radius 3 is 2.59 bits per heavy atom. The minimum atomic E-state index is 0.671. The molecule has 6 nitrogen and oxygen atoms in total. The molecule has 144 valence electrons. The Morgan fingerprint density at radius 2 is 1.93 bits per heavy atom. The zero-order valence-corrected chi connectivity index (χ0v) is 16.5. The maximum atomic E-state index is 4.60. The normalized spacial score (nSPS) is 10.7. The Labute approximate surface area is 170 Å². The van der Waals surface area contributed by atoms with Crippen LogP contribution in [0, 0.1) is 6.92 Å². The van der Waals surface area contributed by atoms with Crippen molar-refractivity contribution in [2.45, 2.75) is 13.3 Å². The number of hydrogen-bond acceptors (Lipinski definition) is 5. The van der Waals surface area contributed by atoms with E-state index < -0.39 is 0 Å². The van der Waals surface area contributed by atoms with Gasteiger partial charge in [0.25, 0.3) is 0 Å². The molecule has 4 rings (SSSR count). The van der Waals surface area contributed by atoms with Crippen LogP contribution in [0.3, 0.4) is 0 Å². The van der Waals surface area contributed by atoms with Gasteiger partial charge in [-0.3, -0.25) is 4.98 Å². The molecule has 4 aromatic heterocycles. The van der Waals surface area contributed by atoms with Gasteiger partial charge in [-0.05, 0) is 48.4 Å². The van der Waals surface area contributed by atoms with Crippen LogP contribution in [-0.2, 0) is 13.5 Å². The number of aromatic nitrogens is 5. The molecule has 0 aliphatic rings. The first-order valence-corrected chi connectivity index (χ1v) is 9.35. The fraction of sp³-hybridized carbons (Fsp3) is 0.130. The minimum absolute atomic E-state index is 0.671. The van der Waals surface area contributed by atoms with Gasteiger partial charge >= 0.3 is 0 Å². The quantitative estimate of drug-likeness (QED) is 0.535. The maximum Gasteiger partial charge on any atom is 0.130 e. The van der Waals surface area contributed by atoms with Crippen molar-refractivity contribution >= 4 is 5.82 Å². The topological polar surface area (TPSA) is 68.5 Å². The summed E-state index contributed by atoms with van der Waals surface area (Å²) in [6.07, 6.45) is 9.84. The molecule has 0 aromatic carbocycles. The number of anilines is 1. The molecule has 0 spiro atoms. The van der Waals surface area contributed by atoms with Gasteiger partial charge in [0.1, 0.15) is 5.82 Å². The molecule has 1 N–H and O–H groups in total. The van der Waals surface area contributed by atoms with Crippen molar-refractivity contribution in [3.8, 4) is 22.5 Å². The van der Waals surface area contributed by atoms with Crippen LogP contribution in [0.1, 0.15) is 11.1 Å². The van der Waals surface area contributed by atoms with E-state index in [0.717, 1.165) is 45.2 Å². The highest BCUT2D eigenvalue weighted by Crippen LogP contribution is 2.22. The van der Waals surface area contributed by atoms with Gasteiger partial charge in [-0.15, -0.1) is 0 Å². The molecule has 0 saturated carbocycles. The molecule has 29 heavy (non-hydrogen) atoms. The third-order valence-corrected chi connectivity index (χ3v) is 4.72. The third kappa shape index (κ3) is 4.21. The average molecular weight is 382 g/mol. The van der Waals surface area contributed by atoms with Gasteiger partial charge in [0, 0.05) is 54.6 Å². The largest absolute Gasteiger partial charge is 0.351 e. The van der Waals surface area contributed by atoms with Gasteiger partial charge in [0.15, 0.2) is 0 Å². The summed E-state index contributed by atoms with van der Waals surface area (Å²) in [5.41, 5.74) is 7.13. The van der Waals surface area contributed by atoms with Crippen LogP contribution in [0.25, 0.3) is 22.5 Å². The number of pyridine rings is 2. The van der Waals surface area contributed by atoms with Crippen molar-refractivity contribution < 1.29 is 0 Å². The highest BCUT2D eigenvalue weighted by molar-refractivity contribution is 5.62. The first-order chi connectivity index (χ1) is 14.1. The van der Waals surface area contributed by atoms with E-state index in [1.54, 1.807) is 12.4 Å². The number of hydrogen-bond donors (Lipinski definition) is 1. The van der Waals surface area contributed by atoms with Crippen LogP contribution in [0.4, 0.5) is 5.82 Å². The van der Waals surface area contributed by atoms with Gasteiger partial charge in [-0.1, -0.05) is 12.6 Å². The van der Waals surface area contributed by atoms with E-state index in [4.69, 9.17) is 0 Å². The van der Waals surface area contributed by atoms with Crippen molar-refractivity contribution in [2.75, 3.05) is 5.32 Å². The van der Waals surface area contributed by atoms with Gasteiger partial charge in [0.2, 0.25) is 0 Å². The summed E-state index contributed by atoms with van der Waals surface area (Å²) in [6.45, 7) is 6.19. The van der Waals surface area contributed by atoms with Crippen LogP contribution in [0.15, 0.2) is 79.7 Å². The summed E-state index contributed by atoms with van der Waals surface area (Å²) in [4.78, 5) is 9.12. The fourth-order valence-electron chi connectivity index (χ4n) is 3.31. The minimum Gasteiger partial charge on any atom is -0.351 e. The molecule has 0 amide bonds. The van der Waals surface area contributed by atoms with E-state index in [-0.39, 0.29) is 0 Å². The summed E-state index contributed by atoms with van der Waals surface area (Å²) in [6, 6.07) is 12.2. The van der Waals surface area contributed by atoms with Crippen molar-refractivity contribution in [1.29, 1.82) is 0 Å². The standard InChI is InChI=1S/C23H22N6/c1-16-11-18(13-25-23(16)20-8-9-26-27-15-20)12-17(2)28-22-7-6-19(14-24-22)21-5-4-10-29(21)3/h4-11,13-15H,2,12H2,1,3H3,(H,24,28). The lowest BCUT2D eigenvalue weighted by Crippen LogP contribution is -2.04. The Morgan fingerprint density at radius 1 is 1.03 bits per heavy atom. The smallest absolute Gasteiger partial charge is 0.130 e. The highest BCUT2D eigenvalue weighted by atomic mass is 15.1. The maximum absolute atomic E-state index is 4.60. The SMILES string of the molecule is C=C(Cc1cnc(-c2ccnnc2)c(C)c1)Nc1ccc(-c2cccn2C)cn1. The van der Waals surface area contributed by atoms with E-state index in [0.29, 0.717) is 6.42 Å².